The number of likely N-dealkylation sites (tertiary alicyclic amines) is 1. The van der Waals surface area contributed by atoms with E-state index in [4.69, 9.17) is 9.47 Å². The number of fused-ring (bicyclic) bond motifs is 1. The molecule has 0 unspecified atom stereocenters. The van der Waals surface area contributed by atoms with Gasteiger partial charge in [-0.25, -0.2) is 13.9 Å². The number of hydrogen-bond donors (Lipinski definition) is 0. The molecule has 0 N–H and O–H groups in total. The van der Waals surface area contributed by atoms with E-state index in [1.165, 1.54) is 12.1 Å². The highest BCUT2D eigenvalue weighted by atomic mass is 19.1. The molecule has 1 aromatic heterocycles. The van der Waals surface area contributed by atoms with Crippen LogP contribution >= 0.6 is 0 Å². The highest BCUT2D eigenvalue weighted by Crippen LogP contribution is 2.39. The van der Waals surface area contributed by atoms with E-state index in [2.05, 4.69) is 5.10 Å². The average Bonchev–Trinajstić information content (AvgIpc) is 3.22. The van der Waals surface area contributed by atoms with Gasteiger partial charge in [0, 0.05) is 18.5 Å². The predicted octanol–water partition coefficient (Wildman–Crippen LogP) is 5.00. The van der Waals surface area contributed by atoms with Crippen molar-refractivity contribution in [3.63, 3.8) is 0 Å². The van der Waals surface area contributed by atoms with E-state index in [-0.39, 0.29) is 24.5 Å². The summed E-state index contributed by atoms with van der Waals surface area (Å²) in [6, 6.07) is 11.9. The normalized spacial score (nSPS) is 15.9. The first-order valence-corrected chi connectivity index (χ1v) is 11.5. The van der Waals surface area contributed by atoms with Gasteiger partial charge in [0.1, 0.15) is 11.4 Å². The lowest BCUT2D eigenvalue weighted by molar-refractivity contribution is -0.152. The third-order valence-electron chi connectivity index (χ3n) is 6.13. The van der Waals surface area contributed by atoms with Crippen molar-refractivity contribution in [1.82, 2.24) is 14.7 Å². The lowest BCUT2D eigenvalue weighted by Crippen LogP contribution is -2.50. The maximum absolute atomic E-state index is 13.3. The quantitative estimate of drug-likeness (QED) is 0.505. The number of hydrogen-bond acceptors (Lipinski definition) is 5. The summed E-state index contributed by atoms with van der Waals surface area (Å²) in [7, 11) is 0. The van der Waals surface area contributed by atoms with Gasteiger partial charge < -0.3 is 14.4 Å². The Bertz CT molecular complexity index is 1190. The Morgan fingerprint density at radius 2 is 1.76 bits per heavy atom. The molecule has 180 valence electrons. The molecule has 8 heteroatoms. The highest BCUT2D eigenvalue weighted by molar-refractivity contribution is 5.88. The smallest absolute Gasteiger partial charge is 0.410 e. The van der Waals surface area contributed by atoms with Crippen molar-refractivity contribution in [2.75, 3.05) is 19.7 Å². The molecule has 4 rings (SSSR count). The molecular formula is C26H30FN3O4. The Balaban J connectivity index is 1.64. The highest BCUT2D eigenvalue weighted by Gasteiger charge is 2.45. The van der Waals surface area contributed by atoms with E-state index < -0.39 is 11.0 Å². The number of ether oxygens (including phenoxy) is 2. The Morgan fingerprint density at radius 3 is 2.38 bits per heavy atom. The minimum atomic E-state index is -0.860. The van der Waals surface area contributed by atoms with Gasteiger partial charge in [-0.1, -0.05) is 6.07 Å². The zero-order valence-electron chi connectivity index (χ0n) is 20.0. The summed E-state index contributed by atoms with van der Waals surface area (Å²) in [6.07, 6.45) is 2.23. The fourth-order valence-electron chi connectivity index (χ4n) is 4.40. The molecule has 1 saturated heterocycles. The maximum Gasteiger partial charge on any atom is 0.410 e. The first kappa shape index (κ1) is 23.7. The van der Waals surface area contributed by atoms with Crippen LogP contribution in [0.2, 0.25) is 0 Å². The zero-order valence-corrected chi connectivity index (χ0v) is 20.0. The number of carbonyl (C=O) groups excluding carboxylic acids is 2. The number of nitrogens with zero attached hydrogens (tertiary/aromatic N) is 3. The molecule has 0 atom stereocenters. The Hall–Kier alpha value is -3.42. The zero-order chi connectivity index (χ0) is 24.5. The second-order valence-corrected chi connectivity index (χ2v) is 9.58. The van der Waals surface area contributed by atoms with Gasteiger partial charge in [0.15, 0.2) is 0 Å². The van der Waals surface area contributed by atoms with Crippen LogP contribution in [0.3, 0.4) is 0 Å². The largest absolute Gasteiger partial charge is 0.465 e. The lowest BCUT2D eigenvalue weighted by atomic mass is 9.72. The van der Waals surface area contributed by atoms with Crippen LogP contribution < -0.4 is 0 Å². The SMILES string of the molecule is CCOC(=O)C1(c2ccc3c(cnn3-c3ccc(F)cc3)c2)CCN(C(=O)OC(C)(C)C)CC1. The van der Waals surface area contributed by atoms with Crippen LogP contribution in [0.5, 0.6) is 0 Å². The number of amides is 1. The van der Waals surface area contributed by atoms with Crippen LogP contribution in [0.25, 0.3) is 16.6 Å². The van der Waals surface area contributed by atoms with Crippen molar-refractivity contribution in [3.8, 4) is 5.69 Å². The first-order valence-electron chi connectivity index (χ1n) is 11.5. The average molecular weight is 468 g/mol. The second kappa shape index (κ2) is 9.08. The molecule has 0 saturated carbocycles. The summed E-state index contributed by atoms with van der Waals surface area (Å²) in [4.78, 5) is 27.4. The van der Waals surface area contributed by atoms with Crippen molar-refractivity contribution in [3.05, 3.63) is 60.0 Å². The van der Waals surface area contributed by atoms with Crippen molar-refractivity contribution >= 4 is 23.0 Å². The molecule has 1 aliphatic rings. The van der Waals surface area contributed by atoms with Gasteiger partial charge in [-0.05, 0) is 82.5 Å². The van der Waals surface area contributed by atoms with E-state index in [9.17, 15) is 14.0 Å². The number of halogens is 1. The van der Waals surface area contributed by atoms with Gasteiger partial charge >= 0.3 is 12.1 Å². The minimum Gasteiger partial charge on any atom is -0.465 e. The molecule has 1 fully saturated rings. The molecule has 0 bridgehead atoms. The molecule has 2 aromatic carbocycles. The summed E-state index contributed by atoms with van der Waals surface area (Å²) >= 11 is 0. The van der Waals surface area contributed by atoms with Gasteiger partial charge in [0.05, 0.1) is 29.4 Å². The third kappa shape index (κ3) is 4.62. The maximum atomic E-state index is 13.3. The van der Waals surface area contributed by atoms with Crippen molar-refractivity contribution in [2.24, 2.45) is 0 Å². The van der Waals surface area contributed by atoms with E-state index in [0.29, 0.717) is 25.9 Å². The number of carbonyl (C=O) groups is 2. The fraction of sp³-hybridized carbons (Fsp3) is 0.423. The molecule has 3 aromatic rings. The number of esters is 1. The molecule has 2 heterocycles. The number of benzene rings is 2. The van der Waals surface area contributed by atoms with E-state index in [1.54, 1.807) is 34.8 Å². The standard InChI is InChI=1S/C26H30FN3O4/c1-5-33-23(31)26(12-14-29(15-13-26)24(32)34-25(2,3)4)19-6-11-22-18(16-19)17-28-30(22)21-9-7-20(27)8-10-21/h6-11,16-17H,5,12-15H2,1-4H3. The molecule has 7 nitrogen and oxygen atoms in total. The van der Waals surface area contributed by atoms with Crippen LogP contribution in [0.1, 0.15) is 46.1 Å². The van der Waals surface area contributed by atoms with Gasteiger partial charge in [0.2, 0.25) is 0 Å². The Kier molecular flexibility index (Phi) is 6.34. The van der Waals surface area contributed by atoms with Crippen LogP contribution in [0.15, 0.2) is 48.7 Å². The van der Waals surface area contributed by atoms with Crippen molar-refractivity contribution < 1.29 is 23.5 Å². The van der Waals surface area contributed by atoms with E-state index in [0.717, 1.165) is 22.2 Å². The summed E-state index contributed by atoms with van der Waals surface area (Å²) in [6.45, 7) is 8.34. The molecular weight excluding hydrogens is 437 g/mol. The summed E-state index contributed by atoms with van der Waals surface area (Å²) in [5.74, 6) is -0.597. The van der Waals surface area contributed by atoms with E-state index in [1.807, 2.05) is 39.0 Å². The van der Waals surface area contributed by atoms with Gasteiger partial charge in [0.25, 0.3) is 0 Å². The fourth-order valence-corrected chi connectivity index (χ4v) is 4.40. The number of aromatic nitrogens is 2. The number of rotatable bonds is 4. The Morgan fingerprint density at radius 1 is 1.09 bits per heavy atom. The molecule has 0 radical (unpaired) electrons. The van der Waals surface area contributed by atoms with Crippen LogP contribution in [0.4, 0.5) is 9.18 Å². The molecule has 34 heavy (non-hydrogen) atoms. The molecule has 1 amide bonds. The Labute approximate surface area is 198 Å². The predicted molar refractivity (Wildman–Crippen MR) is 126 cm³/mol. The summed E-state index contributed by atoms with van der Waals surface area (Å²) < 4.78 is 26.1. The van der Waals surface area contributed by atoms with Crippen molar-refractivity contribution in [1.29, 1.82) is 0 Å². The summed E-state index contributed by atoms with van der Waals surface area (Å²) in [5, 5.41) is 5.32. The van der Waals surface area contributed by atoms with Crippen LogP contribution in [-0.4, -0.2) is 52.0 Å². The van der Waals surface area contributed by atoms with Gasteiger partial charge in [-0.3, -0.25) is 4.79 Å². The summed E-state index contributed by atoms with van der Waals surface area (Å²) in [5.41, 5.74) is 0.986. The minimum absolute atomic E-state index is 0.279. The van der Waals surface area contributed by atoms with E-state index >= 15 is 0 Å². The molecule has 0 aliphatic carbocycles. The third-order valence-corrected chi connectivity index (χ3v) is 6.13. The van der Waals surface area contributed by atoms with Gasteiger partial charge in [-0.2, -0.15) is 5.10 Å². The first-order chi connectivity index (χ1) is 16.1. The lowest BCUT2D eigenvalue weighted by Gasteiger charge is -2.40. The second-order valence-electron chi connectivity index (χ2n) is 9.58. The monoisotopic (exact) mass is 467 g/mol. The van der Waals surface area contributed by atoms with Gasteiger partial charge in [-0.15, -0.1) is 0 Å². The topological polar surface area (TPSA) is 73.7 Å². The van der Waals surface area contributed by atoms with Crippen LogP contribution in [0, 0.1) is 5.82 Å². The molecule has 0 spiro atoms. The number of piperidine rings is 1. The van der Waals surface area contributed by atoms with Crippen LogP contribution in [-0.2, 0) is 19.7 Å². The molecule has 1 aliphatic heterocycles. The van der Waals surface area contributed by atoms with Crippen molar-refractivity contribution in [2.45, 2.75) is 51.6 Å².